The number of hydrogen-bond acceptors (Lipinski definition) is 12. The van der Waals surface area contributed by atoms with Crippen LogP contribution in [0.5, 0.6) is 0 Å². The molecule has 0 aliphatic heterocycles. The first-order valence-corrected chi connectivity index (χ1v) is 46.4. The fourth-order valence-corrected chi connectivity index (χ4v) is 20.3. The van der Waals surface area contributed by atoms with Crippen molar-refractivity contribution in [1.82, 2.24) is 68.9 Å². The average Bonchev–Trinajstić information content (AvgIpc) is 1.54. The van der Waals surface area contributed by atoms with E-state index < -0.39 is 0 Å². The van der Waals surface area contributed by atoms with Crippen LogP contribution in [0.1, 0.15) is 55.6 Å². The van der Waals surface area contributed by atoms with Crippen LogP contribution < -0.4 is 0 Å². The molecule has 0 spiro atoms. The second-order valence-electron chi connectivity index (χ2n) is 35.6. The van der Waals surface area contributed by atoms with E-state index in [1.54, 1.807) is 0 Å². The maximum atomic E-state index is 5.72. The van der Waals surface area contributed by atoms with Gasteiger partial charge < -0.3 is 9.13 Å². The number of fused-ring (bicyclic) bond motifs is 6. The monoisotopic (exact) mass is 1760 g/mol. The lowest BCUT2D eigenvalue weighted by molar-refractivity contribution is 1.05. The fraction of sp³-hybridized carbons (Fsp3) is 0.0732. The van der Waals surface area contributed by atoms with Crippen molar-refractivity contribution in [2.75, 3.05) is 0 Å². The molecule has 652 valence electrons. The Bertz CT molecular complexity index is 8180. The first kappa shape index (κ1) is 83.7. The lowest BCUT2D eigenvalue weighted by Crippen LogP contribution is -2.07. The molecule has 0 unspecified atom stereocenters. The van der Waals surface area contributed by atoms with Gasteiger partial charge in [-0.25, -0.2) is 59.8 Å². The molecule has 0 amide bonds. The van der Waals surface area contributed by atoms with Gasteiger partial charge in [0.05, 0.1) is 33.4 Å². The molecule has 6 heterocycles. The van der Waals surface area contributed by atoms with Gasteiger partial charge >= 0.3 is 0 Å². The zero-order chi connectivity index (χ0) is 92.5. The molecule has 137 heavy (non-hydrogen) atoms. The molecule has 0 radical (unpaired) electrons. The summed E-state index contributed by atoms with van der Waals surface area (Å²) in [6.45, 7) is 17.7. The number of rotatable bonds is 19. The van der Waals surface area contributed by atoms with E-state index in [2.05, 4.69) is 277 Å². The fourth-order valence-electron chi connectivity index (χ4n) is 20.3. The number of nitrogens with zero attached hydrogens (tertiary/aromatic N) is 14. The van der Waals surface area contributed by atoms with E-state index in [-0.39, 0.29) is 0 Å². The normalized spacial score (nSPS) is 11.5. The van der Waals surface area contributed by atoms with Crippen LogP contribution in [0, 0.1) is 55.4 Å². The minimum Gasteiger partial charge on any atom is -0.308 e. The van der Waals surface area contributed by atoms with Crippen molar-refractivity contribution in [3.63, 3.8) is 0 Å². The predicted molar refractivity (Wildman–Crippen MR) is 557 cm³/mol. The van der Waals surface area contributed by atoms with E-state index in [1.807, 2.05) is 176 Å². The third kappa shape index (κ3) is 15.8. The summed E-state index contributed by atoms with van der Waals surface area (Å²) in [4.78, 5) is 65.1. The van der Waals surface area contributed by atoms with Gasteiger partial charge in [0, 0.05) is 88.3 Å². The molecule has 23 rings (SSSR count). The van der Waals surface area contributed by atoms with Gasteiger partial charge in [0.15, 0.2) is 69.9 Å². The highest BCUT2D eigenvalue weighted by Crippen LogP contribution is 2.48. The van der Waals surface area contributed by atoms with Crippen LogP contribution in [0.4, 0.5) is 0 Å². The Labute approximate surface area is 794 Å². The molecule has 17 aromatic carbocycles. The quantitative estimate of drug-likeness (QED) is 0.0753. The Morgan fingerprint density at radius 3 is 0.701 bits per heavy atom. The minimum atomic E-state index is 0.473. The Kier molecular flexibility index (Phi) is 21.5. The predicted octanol–water partition coefficient (Wildman–Crippen LogP) is 29.7. The summed E-state index contributed by atoms with van der Waals surface area (Å²) < 4.78 is 4.76. The summed E-state index contributed by atoms with van der Waals surface area (Å²) in [6.07, 6.45) is 0.632. The van der Waals surface area contributed by atoms with E-state index in [1.165, 1.54) is 50.1 Å². The zero-order valence-electron chi connectivity index (χ0n) is 76.9. The highest BCUT2D eigenvalue weighted by molar-refractivity contribution is 6.14. The Hall–Kier alpha value is -17.6. The molecular weight excluding hydrogens is 1670 g/mol. The molecule has 0 aliphatic rings. The largest absolute Gasteiger partial charge is 0.308 e. The van der Waals surface area contributed by atoms with Crippen LogP contribution in [0.2, 0.25) is 0 Å². The summed E-state index contributed by atoms with van der Waals surface area (Å²) in [5.41, 5.74) is 34.3. The van der Waals surface area contributed by atoms with Gasteiger partial charge in [-0.05, 0) is 212 Å². The molecule has 0 atom stereocenters. The zero-order valence-corrected chi connectivity index (χ0v) is 76.9. The lowest BCUT2D eigenvalue weighted by Gasteiger charge is -2.19. The van der Waals surface area contributed by atoms with Gasteiger partial charge in [0.25, 0.3) is 0 Å². The van der Waals surface area contributed by atoms with Gasteiger partial charge in [0.1, 0.15) is 0 Å². The number of hydrogen-bond donors (Lipinski definition) is 0. The van der Waals surface area contributed by atoms with Crippen LogP contribution >= 0.6 is 0 Å². The number of benzene rings is 17. The van der Waals surface area contributed by atoms with Crippen molar-refractivity contribution < 1.29 is 0 Å². The van der Waals surface area contributed by atoms with Crippen LogP contribution in [0.15, 0.2) is 388 Å². The lowest BCUT2D eigenvalue weighted by atomic mass is 9.91. The standard InChI is InChI=1S/C123H90N14/c1-74-63-76(3)107(77(4)64-74)92-58-61-105-101(72-92)102-73-93(108-78(5)65-75(2)66-79(108)6)59-62-106(102)137(105)111-98(122-132-116(88-44-24-13-25-45-88)126-117(133-122)89-46-26-14-27-47-89)54-34-55-99(111)123-134-118(90-48-28-15-29-49-90)127-119(135-123)94-50-32-35-82(70-94)69-83-67-80(7)109(81(8)68-83)91-57-60-104-100(71-91)95-51-30-31-56-103(95)136(104)110-96(120-128-112(84-36-16-9-17-37-84)124-113(129-120)85-38-18-10-19-39-85)52-33-53-97(110)121-130-114(86-40-20-11-21-41-86)125-115(131-121)87-42-22-12-23-43-87/h9-68,70-73H,69H2,1-8H3. The van der Waals surface area contributed by atoms with Crippen LogP contribution in [-0.2, 0) is 6.42 Å². The van der Waals surface area contributed by atoms with E-state index in [0.717, 1.165) is 161 Å². The summed E-state index contributed by atoms with van der Waals surface area (Å²) in [5, 5.41) is 4.31. The molecule has 14 nitrogen and oxygen atoms in total. The van der Waals surface area contributed by atoms with Crippen molar-refractivity contribution >= 4 is 43.6 Å². The Balaban J connectivity index is 0.664. The third-order valence-electron chi connectivity index (χ3n) is 26.1. The number of aromatic nitrogens is 14. The summed E-state index contributed by atoms with van der Waals surface area (Å²) in [7, 11) is 0. The Morgan fingerprint density at radius 1 is 0.168 bits per heavy atom. The van der Waals surface area contributed by atoms with Crippen molar-refractivity contribution in [2.24, 2.45) is 0 Å². The van der Waals surface area contributed by atoms with Crippen molar-refractivity contribution in [2.45, 2.75) is 61.8 Å². The summed E-state index contributed by atoms with van der Waals surface area (Å²) >= 11 is 0. The van der Waals surface area contributed by atoms with E-state index in [0.29, 0.717) is 76.3 Å². The molecular formula is C123H90N14. The van der Waals surface area contributed by atoms with Gasteiger partial charge in [-0.15, -0.1) is 0 Å². The van der Waals surface area contributed by atoms with Crippen molar-refractivity contribution in [1.29, 1.82) is 0 Å². The molecule has 0 bridgehead atoms. The smallest absolute Gasteiger partial charge is 0.166 e. The molecule has 0 aliphatic carbocycles. The van der Waals surface area contributed by atoms with Crippen molar-refractivity contribution in [3.8, 4) is 181 Å². The highest BCUT2D eigenvalue weighted by atomic mass is 15.1. The SMILES string of the molecule is Cc1cc(C)c(-c2ccc3c(c2)c2cc(-c4c(C)cc(C)cc4C)ccc2n3-c2c(-c3nc(-c4ccccc4)nc(-c4ccccc4)n3)cccc2-c2nc(-c3ccccc3)nc(-c3cccc(Cc4cc(C)c(-c5ccc6c(c5)c5ccccc5n6-c5c(-c6nc(-c7ccccc7)nc(-c7ccccc7)n6)cccc5-c5nc(-c6ccccc6)nc(-c6ccccc6)n5)c(C)c4)c3)n2)c(C)c1. The van der Waals surface area contributed by atoms with Crippen LogP contribution in [0.3, 0.4) is 0 Å². The van der Waals surface area contributed by atoms with E-state index in [9.17, 15) is 0 Å². The summed E-state index contributed by atoms with van der Waals surface area (Å²) in [6, 6.07) is 136. The van der Waals surface area contributed by atoms with Crippen LogP contribution in [-0.4, -0.2) is 68.9 Å². The third-order valence-corrected chi connectivity index (χ3v) is 26.1. The van der Waals surface area contributed by atoms with Crippen molar-refractivity contribution in [3.05, 3.63) is 444 Å². The molecule has 0 N–H and O–H groups in total. The average molecular weight is 1760 g/mol. The molecule has 0 saturated carbocycles. The van der Waals surface area contributed by atoms with Gasteiger partial charge in [-0.3, -0.25) is 0 Å². The Morgan fingerprint density at radius 2 is 0.401 bits per heavy atom. The first-order chi connectivity index (χ1) is 67.2. The van der Waals surface area contributed by atoms with E-state index in [4.69, 9.17) is 59.8 Å². The number of aryl methyl sites for hydroxylation is 8. The first-order valence-electron chi connectivity index (χ1n) is 46.4. The van der Waals surface area contributed by atoms with Gasteiger partial charge in [0.2, 0.25) is 0 Å². The molecule has 23 aromatic rings. The topological polar surface area (TPSA) is 165 Å². The minimum absolute atomic E-state index is 0.473. The molecule has 14 heteroatoms. The second kappa shape index (κ2) is 35.2. The highest BCUT2D eigenvalue weighted by Gasteiger charge is 2.30. The second-order valence-corrected chi connectivity index (χ2v) is 35.6. The van der Waals surface area contributed by atoms with E-state index >= 15 is 0 Å². The molecule has 0 fully saturated rings. The molecule has 6 aromatic heterocycles. The summed E-state index contributed by atoms with van der Waals surface area (Å²) in [5.74, 6) is 6.25. The maximum Gasteiger partial charge on any atom is 0.166 e. The molecule has 0 saturated heterocycles. The van der Waals surface area contributed by atoms with Gasteiger partial charge in [-0.2, -0.15) is 0 Å². The van der Waals surface area contributed by atoms with Gasteiger partial charge in [-0.1, -0.05) is 327 Å². The number of para-hydroxylation sites is 3. The maximum absolute atomic E-state index is 5.72. The van der Waals surface area contributed by atoms with Crippen LogP contribution in [0.25, 0.3) is 225 Å².